The molecule has 2 rings (SSSR count). The first-order valence-corrected chi connectivity index (χ1v) is 7.19. The summed E-state index contributed by atoms with van der Waals surface area (Å²) in [5.41, 5.74) is 0.808. The molecule has 1 aromatic heterocycles. The van der Waals surface area contributed by atoms with Crippen LogP contribution in [0.3, 0.4) is 0 Å². The van der Waals surface area contributed by atoms with Crippen molar-refractivity contribution < 1.29 is 4.92 Å². The van der Waals surface area contributed by atoms with E-state index in [2.05, 4.69) is 14.7 Å². The first kappa shape index (κ1) is 13.8. The molecule has 8 heteroatoms. The summed E-state index contributed by atoms with van der Waals surface area (Å²) in [7, 11) is 0. The normalized spacial score (nSPS) is 10.4. The molecular formula is C11H12N4O2S2. The average Bonchev–Trinajstić information content (AvgIpc) is 2.75. The van der Waals surface area contributed by atoms with E-state index in [0.29, 0.717) is 12.4 Å². The van der Waals surface area contributed by atoms with Gasteiger partial charge in [0.15, 0.2) is 4.34 Å². The van der Waals surface area contributed by atoms with Crippen LogP contribution in [0.2, 0.25) is 0 Å². The van der Waals surface area contributed by atoms with Crippen LogP contribution >= 0.6 is 23.3 Å². The predicted molar refractivity (Wildman–Crippen MR) is 76.0 cm³/mol. The molecule has 0 spiro atoms. The topological polar surface area (TPSA) is 81.0 Å². The highest BCUT2D eigenvalue weighted by Gasteiger charge is 2.12. The fraction of sp³-hybridized carbons (Fsp3) is 0.273. The first-order chi connectivity index (χ1) is 9.08. The highest BCUT2D eigenvalue weighted by atomic mass is 32.2. The summed E-state index contributed by atoms with van der Waals surface area (Å²) < 4.78 is 4.87. The molecule has 0 aliphatic heterocycles. The van der Waals surface area contributed by atoms with Crippen LogP contribution in [-0.4, -0.2) is 20.8 Å². The Morgan fingerprint density at radius 1 is 1.47 bits per heavy atom. The molecule has 0 bridgehead atoms. The maximum absolute atomic E-state index is 10.9. The third-order valence-electron chi connectivity index (χ3n) is 2.20. The molecule has 6 nitrogen and oxygen atoms in total. The molecule has 2 aromatic rings. The number of nitrogens with one attached hydrogen (secondary N) is 1. The maximum atomic E-state index is 10.9. The Morgan fingerprint density at radius 2 is 2.26 bits per heavy atom. The molecule has 1 heterocycles. The standard InChI is InChI=1S/C11H12N4O2S2/c1-3-12-8-4-9(15(16)17)6-10(5-8)18-11-13-7(2)14-19-11/h4-6,12H,3H2,1-2H3. The predicted octanol–water partition coefficient (Wildman–Crippen LogP) is 3.34. The third-order valence-corrected chi connectivity index (χ3v) is 4.01. The van der Waals surface area contributed by atoms with Gasteiger partial charge in [0.1, 0.15) is 5.82 Å². The number of aryl methyl sites for hydroxylation is 1. The molecule has 0 radical (unpaired) electrons. The van der Waals surface area contributed by atoms with Crippen molar-refractivity contribution in [2.45, 2.75) is 23.1 Å². The van der Waals surface area contributed by atoms with Crippen molar-refractivity contribution in [3.8, 4) is 0 Å². The number of nitro groups is 1. The van der Waals surface area contributed by atoms with E-state index in [-0.39, 0.29) is 5.69 Å². The van der Waals surface area contributed by atoms with Gasteiger partial charge in [-0.05, 0) is 31.4 Å². The quantitative estimate of drug-likeness (QED) is 0.673. The molecule has 0 fully saturated rings. The third kappa shape index (κ3) is 3.65. The van der Waals surface area contributed by atoms with Gasteiger partial charge < -0.3 is 5.32 Å². The number of anilines is 1. The molecule has 0 unspecified atom stereocenters. The Morgan fingerprint density at radius 3 is 2.84 bits per heavy atom. The number of hydrogen-bond acceptors (Lipinski definition) is 7. The van der Waals surface area contributed by atoms with Gasteiger partial charge in [-0.1, -0.05) is 11.8 Å². The summed E-state index contributed by atoms with van der Waals surface area (Å²) in [5.74, 6) is 0.713. The Hall–Kier alpha value is -1.67. The van der Waals surface area contributed by atoms with Crippen molar-refractivity contribution in [2.75, 3.05) is 11.9 Å². The van der Waals surface area contributed by atoms with Crippen molar-refractivity contribution in [3.05, 3.63) is 34.1 Å². The summed E-state index contributed by atoms with van der Waals surface area (Å²) >= 11 is 2.67. The molecular weight excluding hydrogens is 284 g/mol. The van der Waals surface area contributed by atoms with Gasteiger partial charge in [-0.2, -0.15) is 4.37 Å². The van der Waals surface area contributed by atoms with Gasteiger partial charge >= 0.3 is 0 Å². The molecule has 0 aliphatic carbocycles. The molecule has 19 heavy (non-hydrogen) atoms. The average molecular weight is 296 g/mol. The van der Waals surface area contributed by atoms with Gasteiger partial charge in [0.05, 0.1) is 4.92 Å². The van der Waals surface area contributed by atoms with E-state index in [4.69, 9.17) is 0 Å². The molecule has 0 amide bonds. The van der Waals surface area contributed by atoms with Gasteiger partial charge in [0.2, 0.25) is 0 Å². The highest BCUT2D eigenvalue weighted by Crippen LogP contribution is 2.33. The van der Waals surface area contributed by atoms with E-state index in [1.807, 2.05) is 19.9 Å². The SMILES string of the molecule is CCNc1cc(Sc2nc(C)ns2)cc([N+](=O)[O-])c1. The number of hydrogen-bond donors (Lipinski definition) is 1. The van der Waals surface area contributed by atoms with Crippen molar-refractivity contribution in [1.82, 2.24) is 9.36 Å². The van der Waals surface area contributed by atoms with Crippen LogP contribution in [-0.2, 0) is 0 Å². The lowest BCUT2D eigenvalue weighted by Crippen LogP contribution is -1.98. The molecule has 1 aromatic carbocycles. The summed E-state index contributed by atoms with van der Waals surface area (Å²) in [4.78, 5) is 15.5. The summed E-state index contributed by atoms with van der Waals surface area (Å²) in [6.45, 7) is 4.47. The van der Waals surface area contributed by atoms with Gasteiger partial charge in [0.25, 0.3) is 5.69 Å². The van der Waals surface area contributed by atoms with Crippen LogP contribution in [0.4, 0.5) is 11.4 Å². The Labute approximate surface area is 118 Å². The van der Waals surface area contributed by atoms with E-state index >= 15 is 0 Å². The van der Waals surface area contributed by atoms with Crippen molar-refractivity contribution in [3.63, 3.8) is 0 Å². The molecule has 0 saturated carbocycles. The lowest BCUT2D eigenvalue weighted by molar-refractivity contribution is -0.385. The molecule has 0 atom stereocenters. The Bertz CT molecular complexity index is 600. The monoisotopic (exact) mass is 296 g/mol. The minimum absolute atomic E-state index is 0.0715. The lowest BCUT2D eigenvalue weighted by Gasteiger charge is -2.05. The fourth-order valence-corrected chi connectivity index (χ4v) is 3.19. The first-order valence-electron chi connectivity index (χ1n) is 5.60. The molecule has 100 valence electrons. The van der Waals surface area contributed by atoms with E-state index in [9.17, 15) is 10.1 Å². The second-order valence-corrected chi connectivity index (χ2v) is 5.79. The number of aromatic nitrogens is 2. The zero-order valence-corrected chi connectivity index (χ0v) is 12.0. The molecule has 1 N–H and O–H groups in total. The number of non-ortho nitro benzene ring substituents is 1. The Kier molecular flexibility index (Phi) is 4.33. The zero-order chi connectivity index (χ0) is 13.8. The van der Waals surface area contributed by atoms with Crippen LogP contribution in [0.5, 0.6) is 0 Å². The van der Waals surface area contributed by atoms with Crippen LogP contribution < -0.4 is 5.32 Å². The fourth-order valence-electron chi connectivity index (χ4n) is 1.47. The van der Waals surface area contributed by atoms with Crippen molar-refractivity contribution >= 4 is 34.7 Å². The minimum atomic E-state index is -0.393. The number of nitro benzene ring substituents is 1. The van der Waals surface area contributed by atoms with Gasteiger partial charge in [-0.3, -0.25) is 10.1 Å². The smallest absolute Gasteiger partial charge is 0.272 e. The van der Waals surface area contributed by atoms with Gasteiger partial charge in [-0.25, -0.2) is 4.98 Å². The minimum Gasteiger partial charge on any atom is -0.385 e. The van der Waals surface area contributed by atoms with E-state index in [0.717, 1.165) is 14.9 Å². The second-order valence-electron chi connectivity index (χ2n) is 3.71. The Balaban J connectivity index is 2.30. The van der Waals surface area contributed by atoms with E-state index < -0.39 is 4.92 Å². The summed E-state index contributed by atoms with van der Waals surface area (Å²) in [5, 5.41) is 14.0. The maximum Gasteiger partial charge on any atom is 0.272 e. The lowest BCUT2D eigenvalue weighted by atomic mass is 10.3. The van der Waals surface area contributed by atoms with Crippen LogP contribution in [0.1, 0.15) is 12.7 Å². The highest BCUT2D eigenvalue weighted by molar-refractivity contribution is 8.01. The van der Waals surface area contributed by atoms with Crippen LogP contribution in [0, 0.1) is 17.0 Å². The largest absolute Gasteiger partial charge is 0.385 e. The zero-order valence-electron chi connectivity index (χ0n) is 10.4. The van der Waals surface area contributed by atoms with Gasteiger partial charge in [0, 0.05) is 29.3 Å². The van der Waals surface area contributed by atoms with E-state index in [1.165, 1.54) is 29.4 Å². The van der Waals surface area contributed by atoms with Gasteiger partial charge in [-0.15, -0.1) is 0 Å². The number of rotatable bonds is 5. The number of nitrogens with zero attached hydrogens (tertiary/aromatic N) is 3. The molecule has 0 aliphatic rings. The second kappa shape index (κ2) is 5.98. The molecule has 0 saturated heterocycles. The van der Waals surface area contributed by atoms with Crippen LogP contribution in [0.25, 0.3) is 0 Å². The van der Waals surface area contributed by atoms with Crippen molar-refractivity contribution in [1.29, 1.82) is 0 Å². The summed E-state index contributed by atoms with van der Waals surface area (Å²) in [6, 6.07) is 4.94. The van der Waals surface area contributed by atoms with Crippen LogP contribution in [0.15, 0.2) is 27.4 Å². The van der Waals surface area contributed by atoms with E-state index in [1.54, 1.807) is 6.07 Å². The number of benzene rings is 1. The summed E-state index contributed by atoms with van der Waals surface area (Å²) in [6.07, 6.45) is 0. The van der Waals surface area contributed by atoms with Crippen molar-refractivity contribution in [2.24, 2.45) is 0 Å².